The number of fused-ring (bicyclic) bond motifs is 1. The topological polar surface area (TPSA) is 93.6 Å². The van der Waals surface area contributed by atoms with Crippen LogP contribution in [0.25, 0.3) is 32.5 Å². The maximum Gasteiger partial charge on any atom is 0.341 e. The zero-order valence-corrected chi connectivity index (χ0v) is 27.4. The molecule has 0 radical (unpaired) electrons. The van der Waals surface area contributed by atoms with Crippen LogP contribution in [-0.2, 0) is 9.53 Å². The monoisotopic (exact) mass is 628 g/mol. The number of aryl methyl sites for hydroxylation is 1. The van der Waals surface area contributed by atoms with Crippen LogP contribution in [-0.4, -0.2) is 53.6 Å². The first-order valence-electron chi connectivity index (χ1n) is 14.6. The van der Waals surface area contributed by atoms with E-state index >= 15 is 0 Å². The lowest BCUT2D eigenvalue weighted by atomic mass is 9.99. The molecule has 228 valence electrons. The van der Waals surface area contributed by atoms with E-state index in [1.54, 1.807) is 16.2 Å². The molecule has 10 heteroatoms. The van der Waals surface area contributed by atoms with Gasteiger partial charge in [0.25, 0.3) is 5.91 Å². The number of nitrogens with one attached hydrogen (secondary N) is 1. The van der Waals surface area contributed by atoms with Crippen molar-refractivity contribution in [3.8, 4) is 28.0 Å². The molecule has 0 aliphatic rings. The van der Waals surface area contributed by atoms with Crippen LogP contribution in [0.5, 0.6) is 5.75 Å². The number of methoxy groups -OCH3 is 1. The summed E-state index contributed by atoms with van der Waals surface area (Å²) in [4.78, 5) is 38.2. The number of carbonyl (C=O) groups is 2. The quantitative estimate of drug-likeness (QED) is 0.147. The summed E-state index contributed by atoms with van der Waals surface area (Å²) in [5.74, 6) is 1.14. The number of ether oxygens (including phenoxy) is 2. The third kappa shape index (κ3) is 6.32. The molecule has 3 aromatic heterocycles. The molecule has 1 N–H and O–H groups in total. The van der Waals surface area contributed by atoms with Gasteiger partial charge in [-0.25, -0.2) is 14.8 Å². The fraction of sp³-hybridized carbons (Fsp3) is 0.294. The van der Waals surface area contributed by atoms with E-state index in [9.17, 15) is 9.59 Å². The Morgan fingerprint density at radius 2 is 1.66 bits per heavy atom. The van der Waals surface area contributed by atoms with Crippen molar-refractivity contribution in [2.45, 2.75) is 40.5 Å². The fourth-order valence-corrected chi connectivity index (χ4v) is 7.12. The third-order valence-corrected chi connectivity index (χ3v) is 9.49. The molecule has 0 unspecified atom stereocenters. The van der Waals surface area contributed by atoms with Crippen molar-refractivity contribution in [3.05, 3.63) is 76.2 Å². The molecule has 5 rings (SSSR count). The van der Waals surface area contributed by atoms with Gasteiger partial charge in [0.15, 0.2) is 6.61 Å². The van der Waals surface area contributed by atoms with Gasteiger partial charge in [-0.15, -0.1) is 22.7 Å². The molecule has 0 saturated carbocycles. The number of anilines is 2. The van der Waals surface area contributed by atoms with Crippen molar-refractivity contribution in [2.75, 3.05) is 32.1 Å². The van der Waals surface area contributed by atoms with E-state index in [4.69, 9.17) is 9.47 Å². The Bertz CT molecular complexity index is 1770. The lowest BCUT2D eigenvalue weighted by molar-refractivity contribution is -0.132. The predicted octanol–water partition coefficient (Wildman–Crippen LogP) is 8.30. The molecular weight excluding hydrogens is 593 g/mol. The highest BCUT2D eigenvalue weighted by molar-refractivity contribution is 7.18. The Morgan fingerprint density at radius 1 is 0.977 bits per heavy atom. The number of carbonyl (C=O) groups excluding carboxylic acids is 2. The summed E-state index contributed by atoms with van der Waals surface area (Å²) in [5, 5.41) is 7.10. The molecule has 0 spiro atoms. The number of hydrogen-bond donors (Lipinski definition) is 1. The summed E-state index contributed by atoms with van der Waals surface area (Å²) < 4.78 is 11.0. The first-order chi connectivity index (χ1) is 21.2. The van der Waals surface area contributed by atoms with Gasteiger partial charge in [-0.2, -0.15) is 0 Å². The summed E-state index contributed by atoms with van der Waals surface area (Å²) in [6, 6.07) is 16.0. The number of esters is 1. The first kappa shape index (κ1) is 31.2. The van der Waals surface area contributed by atoms with E-state index in [0.717, 1.165) is 37.3 Å². The molecule has 3 heterocycles. The molecular formula is C34H36N4O4S2. The average Bonchev–Trinajstić information content (AvgIpc) is 3.62. The Morgan fingerprint density at radius 3 is 2.30 bits per heavy atom. The molecule has 0 fully saturated rings. The van der Waals surface area contributed by atoms with Gasteiger partial charge in [-0.3, -0.25) is 4.79 Å². The number of hydrogen-bond acceptors (Lipinski definition) is 9. The van der Waals surface area contributed by atoms with Gasteiger partial charge in [0.2, 0.25) is 0 Å². The number of rotatable bonds is 11. The molecule has 1 amide bonds. The smallest absolute Gasteiger partial charge is 0.341 e. The zero-order valence-electron chi connectivity index (χ0n) is 25.8. The van der Waals surface area contributed by atoms with Crippen molar-refractivity contribution in [2.24, 2.45) is 0 Å². The molecule has 5 aromatic rings. The second-order valence-corrected chi connectivity index (χ2v) is 12.6. The Labute approximate surface area is 265 Å². The minimum absolute atomic E-state index is 0.0279. The van der Waals surface area contributed by atoms with Gasteiger partial charge >= 0.3 is 5.97 Å². The maximum atomic E-state index is 13.2. The van der Waals surface area contributed by atoms with Crippen molar-refractivity contribution in [1.82, 2.24) is 14.9 Å². The molecule has 0 bridgehead atoms. The Balaban J connectivity index is 1.48. The van der Waals surface area contributed by atoms with Crippen molar-refractivity contribution in [1.29, 1.82) is 0 Å². The Hall–Kier alpha value is -4.28. The van der Waals surface area contributed by atoms with Crippen LogP contribution in [0, 0.1) is 6.92 Å². The van der Waals surface area contributed by atoms with E-state index in [-0.39, 0.29) is 12.5 Å². The lowest BCUT2D eigenvalue weighted by Gasteiger charge is -2.18. The fourth-order valence-electron chi connectivity index (χ4n) is 5.15. The van der Waals surface area contributed by atoms with Gasteiger partial charge in [0.1, 0.15) is 33.3 Å². The van der Waals surface area contributed by atoms with Crippen molar-refractivity contribution >= 4 is 55.6 Å². The van der Waals surface area contributed by atoms with E-state index in [1.165, 1.54) is 30.3 Å². The van der Waals surface area contributed by atoms with Crippen LogP contribution >= 0.6 is 22.7 Å². The zero-order chi connectivity index (χ0) is 31.4. The van der Waals surface area contributed by atoms with Gasteiger partial charge in [0.05, 0.1) is 12.5 Å². The second kappa shape index (κ2) is 13.6. The summed E-state index contributed by atoms with van der Waals surface area (Å²) in [6.45, 7) is 11.5. The highest BCUT2D eigenvalue weighted by Crippen LogP contribution is 2.44. The van der Waals surface area contributed by atoms with Gasteiger partial charge < -0.3 is 19.7 Å². The van der Waals surface area contributed by atoms with Gasteiger partial charge in [-0.05, 0) is 55.5 Å². The number of thiophene rings is 2. The van der Waals surface area contributed by atoms with Crippen LogP contribution < -0.4 is 10.1 Å². The molecule has 0 atom stereocenters. The molecule has 0 aliphatic heterocycles. The SMILES string of the molecule is CCN(CC)C(=O)COc1ccc(-c2c(C)sc(Nc3ncnc4scc(-c5ccc(C(C)C)cc5)c34)c2C(=O)OC)cc1. The summed E-state index contributed by atoms with van der Waals surface area (Å²) in [5.41, 5.74) is 5.44. The van der Waals surface area contributed by atoms with Crippen molar-refractivity contribution < 1.29 is 19.1 Å². The minimum atomic E-state index is -0.447. The number of aromatic nitrogens is 2. The summed E-state index contributed by atoms with van der Waals surface area (Å²) in [7, 11) is 1.38. The first-order valence-corrected chi connectivity index (χ1v) is 16.3. The van der Waals surface area contributed by atoms with E-state index < -0.39 is 5.97 Å². The standard InChI is InChI=1S/C34H36N4O4S2/c1-7-38(8-2)27(39)17-42-25-15-13-24(14-16-25)28-21(5)44-33(30(28)34(40)41-6)37-31-29-26(18-43-32(29)36-19-35-31)23-11-9-22(10-12-23)20(3)4/h9-16,18-20H,7-8,17H2,1-6H3,(H,35,36,37). The minimum Gasteiger partial charge on any atom is -0.484 e. The van der Waals surface area contributed by atoms with Crippen LogP contribution in [0.3, 0.4) is 0 Å². The number of nitrogens with zero attached hydrogens (tertiary/aromatic N) is 3. The molecule has 0 aliphatic carbocycles. The van der Waals surface area contributed by atoms with Crippen LogP contribution in [0.1, 0.15) is 54.4 Å². The van der Waals surface area contributed by atoms with E-state index in [2.05, 4.69) is 58.8 Å². The van der Waals surface area contributed by atoms with E-state index in [1.807, 2.05) is 45.0 Å². The maximum absolute atomic E-state index is 13.2. The van der Waals surface area contributed by atoms with E-state index in [0.29, 0.717) is 41.1 Å². The summed E-state index contributed by atoms with van der Waals surface area (Å²) >= 11 is 3.03. The lowest BCUT2D eigenvalue weighted by Crippen LogP contribution is -2.34. The molecule has 0 saturated heterocycles. The predicted molar refractivity (Wildman–Crippen MR) is 179 cm³/mol. The number of benzene rings is 2. The number of likely N-dealkylation sites (N-methyl/N-ethyl adjacent to an activating group) is 1. The van der Waals surface area contributed by atoms with Gasteiger partial charge in [-0.1, -0.05) is 50.2 Å². The van der Waals surface area contributed by atoms with Crippen molar-refractivity contribution in [3.63, 3.8) is 0 Å². The molecule has 44 heavy (non-hydrogen) atoms. The highest BCUT2D eigenvalue weighted by Gasteiger charge is 2.26. The van der Waals surface area contributed by atoms with Crippen LogP contribution in [0.2, 0.25) is 0 Å². The highest BCUT2D eigenvalue weighted by atomic mass is 32.1. The average molecular weight is 629 g/mol. The van der Waals surface area contributed by atoms with Crippen LogP contribution in [0.4, 0.5) is 10.8 Å². The molecule has 2 aromatic carbocycles. The normalized spacial score (nSPS) is 11.2. The summed E-state index contributed by atoms with van der Waals surface area (Å²) in [6.07, 6.45) is 1.54. The van der Waals surface area contributed by atoms with Gasteiger partial charge in [0, 0.05) is 34.5 Å². The second-order valence-electron chi connectivity index (χ2n) is 10.6. The molecule has 8 nitrogen and oxygen atoms in total. The Kier molecular flexibility index (Phi) is 9.61. The largest absolute Gasteiger partial charge is 0.484 e. The number of amides is 1. The third-order valence-electron chi connectivity index (χ3n) is 7.59. The van der Waals surface area contributed by atoms with Crippen LogP contribution in [0.15, 0.2) is 60.2 Å².